The first kappa shape index (κ1) is 26.7. The second-order valence-electron chi connectivity index (χ2n) is 13.3. The number of hydrogen-bond acceptors (Lipinski definition) is 2. The fourth-order valence-electron chi connectivity index (χ4n) is 8.16. The number of nitrogens with zero attached hydrogens (tertiary/aromatic N) is 1. The van der Waals surface area contributed by atoms with Crippen LogP contribution < -0.4 is 4.90 Å². The molecule has 1 nitrogen and oxygen atoms in total. The average molecular weight is 618 g/mol. The Morgan fingerprint density at radius 1 is 0.447 bits per heavy atom. The molecule has 222 valence electrons. The van der Waals surface area contributed by atoms with Crippen molar-refractivity contribution < 1.29 is 0 Å². The van der Waals surface area contributed by atoms with Crippen molar-refractivity contribution in [2.45, 2.75) is 19.3 Å². The highest BCUT2D eigenvalue weighted by atomic mass is 32.1. The molecule has 8 aromatic carbocycles. The van der Waals surface area contributed by atoms with Gasteiger partial charge in [0.25, 0.3) is 0 Å². The molecule has 9 aromatic rings. The number of anilines is 3. The Hall–Kier alpha value is -5.44. The molecule has 0 saturated carbocycles. The Bertz CT molecular complexity index is 2720. The number of hydrogen-bond donors (Lipinski definition) is 0. The molecule has 0 bridgehead atoms. The maximum atomic E-state index is 2.46. The highest BCUT2D eigenvalue weighted by molar-refractivity contribution is 7.26. The maximum Gasteiger partial charge on any atom is 0.0554 e. The van der Waals surface area contributed by atoms with Crippen molar-refractivity contribution in [3.63, 3.8) is 0 Å². The van der Waals surface area contributed by atoms with Crippen LogP contribution in [0.2, 0.25) is 0 Å². The van der Waals surface area contributed by atoms with E-state index in [0.29, 0.717) is 0 Å². The summed E-state index contributed by atoms with van der Waals surface area (Å²) in [5.74, 6) is 0. The zero-order chi connectivity index (χ0) is 31.3. The first-order chi connectivity index (χ1) is 23.1. The third kappa shape index (κ3) is 3.83. The smallest absolute Gasteiger partial charge is 0.0554 e. The lowest BCUT2D eigenvalue weighted by molar-refractivity contribution is 0.661. The maximum absolute atomic E-state index is 2.46. The van der Waals surface area contributed by atoms with E-state index >= 15 is 0 Å². The Labute approximate surface area is 278 Å². The van der Waals surface area contributed by atoms with Gasteiger partial charge in [-0.25, -0.2) is 0 Å². The van der Waals surface area contributed by atoms with Crippen LogP contribution in [0, 0.1) is 0 Å². The minimum Gasteiger partial charge on any atom is -0.310 e. The van der Waals surface area contributed by atoms with E-state index in [0.717, 1.165) is 11.4 Å². The third-order valence-corrected chi connectivity index (χ3v) is 11.5. The summed E-state index contributed by atoms with van der Waals surface area (Å²) in [4.78, 5) is 2.43. The molecule has 47 heavy (non-hydrogen) atoms. The van der Waals surface area contributed by atoms with Gasteiger partial charge in [0.05, 0.1) is 5.69 Å². The molecule has 0 radical (unpaired) electrons. The third-order valence-electron chi connectivity index (χ3n) is 10.4. The van der Waals surface area contributed by atoms with Crippen molar-refractivity contribution in [2.75, 3.05) is 4.90 Å². The molecule has 0 spiro atoms. The van der Waals surface area contributed by atoms with Gasteiger partial charge in [0.15, 0.2) is 0 Å². The van der Waals surface area contributed by atoms with Gasteiger partial charge in [0, 0.05) is 37.0 Å². The molecular weight excluding hydrogens is 587 g/mol. The number of benzene rings is 8. The van der Waals surface area contributed by atoms with Crippen molar-refractivity contribution in [3.8, 4) is 11.1 Å². The van der Waals surface area contributed by atoms with E-state index in [-0.39, 0.29) is 5.41 Å². The summed E-state index contributed by atoms with van der Waals surface area (Å²) in [5, 5.41) is 10.4. The molecule has 10 rings (SSSR count). The fraction of sp³-hybridized carbons (Fsp3) is 0.0667. The van der Waals surface area contributed by atoms with E-state index in [1.165, 1.54) is 80.4 Å². The van der Waals surface area contributed by atoms with Crippen molar-refractivity contribution >= 4 is 80.9 Å². The molecule has 1 aliphatic carbocycles. The molecule has 0 fully saturated rings. The minimum absolute atomic E-state index is 0.0136. The van der Waals surface area contributed by atoms with Crippen molar-refractivity contribution in [2.24, 2.45) is 0 Å². The quantitative estimate of drug-likeness (QED) is 0.178. The van der Waals surface area contributed by atoms with E-state index in [1.807, 2.05) is 11.3 Å². The van der Waals surface area contributed by atoms with Gasteiger partial charge in [0.1, 0.15) is 0 Å². The second kappa shape index (κ2) is 9.78. The number of rotatable bonds is 3. The number of thiophene rings is 1. The summed E-state index contributed by atoms with van der Waals surface area (Å²) in [6.45, 7) is 4.72. The van der Waals surface area contributed by atoms with Gasteiger partial charge < -0.3 is 4.90 Å². The summed E-state index contributed by atoms with van der Waals surface area (Å²) >= 11 is 1.87. The van der Waals surface area contributed by atoms with Crippen LogP contribution in [-0.2, 0) is 5.41 Å². The van der Waals surface area contributed by atoms with E-state index < -0.39 is 0 Å². The van der Waals surface area contributed by atoms with Gasteiger partial charge in [-0.3, -0.25) is 0 Å². The molecule has 1 aromatic heterocycles. The molecule has 0 amide bonds. The van der Waals surface area contributed by atoms with Gasteiger partial charge in [-0.1, -0.05) is 111 Å². The highest BCUT2D eigenvalue weighted by Crippen LogP contribution is 2.51. The van der Waals surface area contributed by atoms with Crippen LogP contribution in [0.3, 0.4) is 0 Å². The predicted octanol–water partition coefficient (Wildman–Crippen LogP) is 13.3. The summed E-state index contributed by atoms with van der Waals surface area (Å²) in [7, 11) is 0. The van der Waals surface area contributed by atoms with Gasteiger partial charge in [-0.05, 0) is 109 Å². The lowest BCUT2D eigenvalue weighted by Crippen LogP contribution is -2.14. The topological polar surface area (TPSA) is 3.24 Å². The molecule has 1 heterocycles. The van der Waals surface area contributed by atoms with Crippen LogP contribution in [0.25, 0.3) is 63.6 Å². The molecule has 1 aliphatic rings. The van der Waals surface area contributed by atoms with Gasteiger partial charge in [-0.2, -0.15) is 0 Å². The summed E-state index contributed by atoms with van der Waals surface area (Å²) in [6, 6.07) is 56.4. The molecule has 2 heteroatoms. The lowest BCUT2D eigenvalue weighted by Gasteiger charge is -2.27. The Kier molecular flexibility index (Phi) is 5.57. The zero-order valence-corrected chi connectivity index (χ0v) is 27.1. The largest absolute Gasteiger partial charge is 0.310 e. The monoisotopic (exact) mass is 617 g/mol. The fourth-order valence-corrected chi connectivity index (χ4v) is 9.28. The molecule has 0 saturated heterocycles. The first-order valence-corrected chi connectivity index (χ1v) is 17.2. The molecular formula is C45H31NS. The standard InChI is InChI=1S/C45H31NS/c1-45(2)38-15-8-6-13-34(38)37-27-36-30(26-39(37)45)22-20-28-19-21-29-25-32(23-24-33(29)43(28)36)46(31-11-4-3-5-12-31)40-16-10-18-42-44(40)35-14-7-9-17-41(35)47-42/h3-27H,1-2H3. The van der Waals surface area contributed by atoms with Crippen LogP contribution in [-0.4, -0.2) is 0 Å². The van der Waals surface area contributed by atoms with E-state index in [9.17, 15) is 0 Å². The van der Waals surface area contributed by atoms with Crippen LogP contribution in [0.5, 0.6) is 0 Å². The molecule has 0 atom stereocenters. The van der Waals surface area contributed by atoms with Gasteiger partial charge in [-0.15, -0.1) is 11.3 Å². The van der Waals surface area contributed by atoms with Crippen LogP contribution in [0.4, 0.5) is 17.1 Å². The SMILES string of the molecule is CC1(C)c2ccccc2-c2cc3c(ccc4ccc5cc(N(c6ccccc6)c6cccc7sc8ccccc8c67)ccc5c43)cc21. The number of fused-ring (bicyclic) bond motifs is 11. The second-order valence-corrected chi connectivity index (χ2v) is 14.4. The first-order valence-electron chi connectivity index (χ1n) is 16.4. The van der Waals surface area contributed by atoms with Crippen molar-refractivity contribution in [3.05, 3.63) is 163 Å². The molecule has 0 aliphatic heterocycles. The van der Waals surface area contributed by atoms with E-state index in [2.05, 4.69) is 170 Å². The van der Waals surface area contributed by atoms with Crippen molar-refractivity contribution in [1.29, 1.82) is 0 Å². The van der Waals surface area contributed by atoms with E-state index in [4.69, 9.17) is 0 Å². The normalized spacial score (nSPS) is 13.5. The Balaban J connectivity index is 1.22. The Morgan fingerprint density at radius 2 is 1.17 bits per heavy atom. The van der Waals surface area contributed by atoms with Gasteiger partial charge in [0.2, 0.25) is 0 Å². The van der Waals surface area contributed by atoms with Crippen LogP contribution in [0.15, 0.2) is 152 Å². The molecule has 0 unspecified atom stereocenters. The zero-order valence-electron chi connectivity index (χ0n) is 26.3. The summed E-state index contributed by atoms with van der Waals surface area (Å²) in [6.07, 6.45) is 0. The van der Waals surface area contributed by atoms with Crippen LogP contribution >= 0.6 is 11.3 Å². The summed E-state index contributed by atoms with van der Waals surface area (Å²) < 4.78 is 2.62. The summed E-state index contributed by atoms with van der Waals surface area (Å²) in [5.41, 5.74) is 9.06. The van der Waals surface area contributed by atoms with Gasteiger partial charge >= 0.3 is 0 Å². The number of para-hydroxylation sites is 1. The van der Waals surface area contributed by atoms with Crippen LogP contribution in [0.1, 0.15) is 25.0 Å². The average Bonchev–Trinajstić information content (AvgIpc) is 3.60. The predicted molar refractivity (Wildman–Crippen MR) is 204 cm³/mol. The molecule has 0 N–H and O–H groups in total. The minimum atomic E-state index is -0.0136. The lowest BCUT2D eigenvalue weighted by atomic mass is 9.81. The van der Waals surface area contributed by atoms with Crippen molar-refractivity contribution in [1.82, 2.24) is 0 Å². The Morgan fingerprint density at radius 3 is 2.04 bits per heavy atom. The highest BCUT2D eigenvalue weighted by Gasteiger charge is 2.35. The van der Waals surface area contributed by atoms with E-state index in [1.54, 1.807) is 0 Å².